The first-order valence-corrected chi connectivity index (χ1v) is 7.76. The standard InChI is InChI=1S/C11H25NO4S/c1-4-5-11(9-17(12,13)14)8-15-6-7-16-10(2)3/h10-11H,4-9H2,1-3H3,(H2,12,13,14). The highest BCUT2D eigenvalue weighted by atomic mass is 32.2. The summed E-state index contributed by atoms with van der Waals surface area (Å²) < 4.78 is 32.7. The molecule has 6 heteroatoms. The van der Waals surface area contributed by atoms with E-state index in [0.29, 0.717) is 19.8 Å². The van der Waals surface area contributed by atoms with Gasteiger partial charge < -0.3 is 9.47 Å². The van der Waals surface area contributed by atoms with E-state index in [1.807, 2.05) is 20.8 Å². The second kappa shape index (κ2) is 8.85. The number of hydrogen-bond acceptors (Lipinski definition) is 4. The first kappa shape index (κ1) is 16.8. The van der Waals surface area contributed by atoms with Gasteiger partial charge in [-0.05, 0) is 26.2 Å². The predicted molar refractivity (Wildman–Crippen MR) is 68.3 cm³/mol. The van der Waals surface area contributed by atoms with E-state index in [4.69, 9.17) is 14.6 Å². The van der Waals surface area contributed by atoms with Crippen LogP contribution in [0.15, 0.2) is 0 Å². The SMILES string of the molecule is CCCC(COCCOC(C)C)CS(N)(=O)=O. The maximum atomic E-state index is 11.0. The summed E-state index contributed by atoms with van der Waals surface area (Å²) in [4.78, 5) is 0. The van der Waals surface area contributed by atoms with Crippen LogP contribution in [0.1, 0.15) is 33.6 Å². The van der Waals surface area contributed by atoms with Crippen molar-refractivity contribution in [3.05, 3.63) is 0 Å². The van der Waals surface area contributed by atoms with Crippen molar-refractivity contribution < 1.29 is 17.9 Å². The van der Waals surface area contributed by atoms with Gasteiger partial charge in [0, 0.05) is 0 Å². The number of primary sulfonamides is 1. The smallest absolute Gasteiger partial charge is 0.209 e. The number of ether oxygens (including phenoxy) is 2. The van der Waals surface area contributed by atoms with Gasteiger partial charge in [0.2, 0.25) is 10.0 Å². The molecule has 0 heterocycles. The summed E-state index contributed by atoms with van der Waals surface area (Å²) in [6.45, 7) is 7.38. The van der Waals surface area contributed by atoms with E-state index >= 15 is 0 Å². The molecule has 0 fully saturated rings. The van der Waals surface area contributed by atoms with Crippen molar-refractivity contribution in [1.29, 1.82) is 0 Å². The minimum Gasteiger partial charge on any atom is -0.379 e. The van der Waals surface area contributed by atoms with Gasteiger partial charge in [0.15, 0.2) is 0 Å². The highest BCUT2D eigenvalue weighted by Crippen LogP contribution is 2.09. The van der Waals surface area contributed by atoms with Crippen LogP contribution in [-0.4, -0.2) is 40.1 Å². The molecule has 1 atom stereocenters. The van der Waals surface area contributed by atoms with E-state index in [1.54, 1.807) is 0 Å². The molecule has 104 valence electrons. The highest BCUT2D eigenvalue weighted by molar-refractivity contribution is 7.89. The van der Waals surface area contributed by atoms with Gasteiger partial charge in [0.25, 0.3) is 0 Å². The quantitative estimate of drug-likeness (QED) is 0.602. The summed E-state index contributed by atoms with van der Waals surface area (Å²) in [5.41, 5.74) is 0. The third-order valence-corrected chi connectivity index (χ3v) is 3.13. The van der Waals surface area contributed by atoms with Crippen LogP contribution in [0.3, 0.4) is 0 Å². The Hall–Kier alpha value is -0.170. The van der Waals surface area contributed by atoms with Crippen molar-refractivity contribution in [2.24, 2.45) is 11.1 Å². The van der Waals surface area contributed by atoms with Gasteiger partial charge in [0.05, 0.1) is 31.7 Å². The van der Waals surface area contributed by atoms with Gasteiger partial charge in [-0.15, -0.1) is 0 Å². The fourth-order valence-corrected chi connectivity index (χ4v) is 2.46. The van der Waals surface area contributed by atoms with Crippen LogP contribution >= 0.6 is 0 Å². The van der Waals surface area contributed by atoms with Crippen LogP contribution in [0, 0.1) is 5.92 Å². The third-order valence-electron chi connectivity index (χ3n) is 2.20. The zero-order valence-electron chi connectivity index (χ0n) is 11.0. The number of sulfonamides is 1. The van der Waals surface area contributed by atoms with Crippen LogP contribution in [0.25, 0.3) is 0 Å². The van der Waals surface area contributed by atoms with E-state index < -0.39 is 10.0 Å². The molecule has 0 aromatic rings. The van der Waals surface area contributed by atoms with Crippen molar-refractivity contribution in [3.8, 4) is 0 Å². The molecular formula is C11H25NO4S. The molecule has 0 aliphatic rings. The minimum absolute atomic E-state index is 0.00806. The monoisotopic (exact) mass is 267 g/mol. The molecule has 0 aromatic carbocycles. The van der Waals surface area contributed by atoms with Gasteiger partial charge in [-0.25, -0.2) is 13.6 Å². The van der Waals surface area contributed by atoms with Gasteiger partial charge in [-0.1, -0.05) is 13.3 Å². The van der Waals surface area contributed by atoms with E-state index in [0.717, 1.165) is 12.8 Å². The highest BCUT2D eigenvalue weighted by Gasteiger charge is 2.15. The van der Waals surface area contributed by atoms with E-state index in [9.17, 15) is 8.42 Å². The molecule has 0 aliphatic heterocycles. The van der Waals surface area contributed by atoms with Gasteiger partial charge in [-0.3, -0.25) is 0 Å². The van der Waals surface area contributed by atoms with Gasteiger partial charge in [-0.2, -0.15) is 0 Å². The fourth-order valence-electron chi connectivity index (χ4n) is 1.54. The van der Waals surface area contributed by atoms with E-state index in [-0.39, 0.29) is 17.8 Å². The predicted octanol–water partition coefficient (Wildman–Crippen LogP) is 1.13. The van der Waals surface area contributed by atoms with Gasteiger partial charge in [0.1, 0.15) is 0 Å². The second-order valence-electron chi connectivity index (χ2n) is 4.48. The van der Waals surface area contributed by atoms with Crippen LogP contribution in [0.2, 0.25) is 0 Å². The Labute approximate surface area is 105 Å². The van der Waals surface area contributed by atoms with Crippen molar-refractivity contribution in [3.63, 3.8) is 0 Å². The summed E-state index contributed by atoms with van der Waals surface area (Å²) in [5.74, 6) is -0.0275. The molecule has 0 aromatic heterocycles. The Bertz CT molecular complexity index is 277. The Morgan fingerprint density at radius 1 is 1.24 bits per heavy atom. The molecule has 0 amide bonds. The Morgan fingerprint density at radius 2 is 1.88 bits per heavy atom. The van der Waals surface area contributed by atoms with Crippen molar-refractivity contribution in [1.82, 2.24) is 0 Å². The fraction of sp³-hybridized carbons (Fsp3) is 1.00. The summed E-state index contributed by atoms with van der Waals surface area (Å²) in [7, 11) is -3.41. The lowest BCUT2D eigenvalue weighted by Gasteiger charge is -2.15. The molecule has 0 spiro atoms. The molecule has 5 nitrogen and oxygen atoms in total. The molecule has 0 aliphatic carbocycles. The van der Waals surface area contributed by atoms with Crippen LogP contribution in [-0.2, 0) is 19.5 Å². The number of nitrogens with two attached hydrogens (primary N) is 1. The first-order chi connectivity index (χ1) is 7.85. The first-order valence-electron chi connectivity index (χ1n) is 6.05. The Morgan fingerprint density at radius 3 is 2.35 bits per heavy atom. The van der Waals surface area contributed by atoms with Crippen LogP contribution < -0.4 is 5.14 Å². The average Bonchev–Trinajstić information content (AvgIpc) is 2.14. The molecular weight excluding hydrogens is 242 g/mol. The topological polar surface area (TPSA) is 78.6 Å². The molecule has 17 heavy (non-hydrogen) atoms. The maximum absolute atomic E-state index is 11.0. The molecule has 0 radical (unpaired) electrons. The summed E-state index contributed by atoms with van der Waals surface area (Å²) in [6.07, 6.45) is 1.92. The summed E-state index contributed by atoms with van der Waals surface area (Å²) in [6, 6.07) is 0. The Balaban J connectivity index is 3.78. The lowest BCUT2D eigenvalue weighted by Crippen LogP contribution is -2.26. The van der Waals surface area contributed by atoms with E-state index in [1.165, 1.54) is 0 Å². The number of rotatable bonds is 10. The average molecular weight is 267 g/mol. The van der Waals surface area contributed by atoms with Crippen molar-refractivity contribution >= 4 is 10.0 Å². The Kier molecular flexibility index (Phi) is 8.77. The second-order valence-corrected chi connectivity index (χ2v) is 6.14. The molecule has 0 saturated heterocycles. The number of hydrogen-bond donors (Lipinski definition) is 1. The lowest BCUT2D eigenvalue weighted by atomic mass is 10.1. The molecule has 2 N–H and O–H groups in total. The summed E-state index contributed by atoms with van der Waals surface area (Å²) >= 11 is 0. The zero-order valence-corrected chi connectivity index (χ0v) is 11.8. The molecule has 0 bridgehead atoms. The minimum atomic E-state index is -3.41. The molecule has 1 unspecified atom stereocenters. The molecule has 0 rings (SSSR count). The largest absolute Gasteiger partial charge is 0.379 e. The zero-order chi connectivity index (χ0) is 13.3. The van der Waals surface area contributed by atoms with Crippen molar-refractivity contribution in [2.45, 2.75) is 39.7 Å². The summed E-state index contributed by atoms with van der Waals surface area (Å²) in [5, 5.41) is 5.03. The van der Waals surface area contributed by atoms with Crippen LogP contribution in [0.5, 0.6) is 0 Å². The maximum Gasteiger partial charge on any atom is 0.209 e. The van der Waals surface area contributed by atoms with E-state index in [2.05, 4.69) is 0 Å². The normalized spacial score (nSPS) is 14.2. The van der Waals surface area contributed by atoms with Gasteiger partial charge >= 0.3 is 0 Å². The lowest BCUT2D eigenvalue weighted by molar-refractivity contribution is 0.0109. The molecule has 0 saturated carbocycles. The third kappa shape index (κ3) is 12.1. The van der Waals surface area contributed by atoms with Crippen LogP contribution in [0.4, 0.5) is 0 Å². The van der Waals surface area contributed by atoms with Crippen molar-refractivity contribution in [2.75, 3.05) is 25.6 Å².